The van der Waals surface area contributed by atoms with Crippen molar-refractivity contribution >= 4 is 0 Å². The van der Waals surface area contributed by atoms with Crippen LogP contribution in [0.25, 0.3) is 67.7 Å². The molecular formula is C50H38N6. The average molecular weight is 723 g/mol. The third kappa shape index (κ3) is 6.34. The van der Waals surface area contributed by atoms with Crippen molar-refractivity contribution in [2.45, 2.75) is 43.9 Å². The average Bonchev–Trinajstić information content (AvgIpc) is 3.26. The van der Waals surface area contributed by atoms with Gasteiger partial charge in [-0.15, -0.1) is 0 Å². The van der Waals surface area contributed by atoms with Crippen LogP contribution in [0.1, 0.15) is 55.2 Å². The number of nitriles is 2. The Labute approximate surface area is 327 Å². The van der Waals surface area contributed by atoms with E-state index in [1.54, 1.807) is 6.20 Å². The smallest absolute Gasteiger partial charge is 0.164 e. The minimum Gasteiger partial charge on any atom is -0.255 e. The summed E-state index contributed by atoms with van der Waals surface area (Å²) < 4.78 is 0. The van der Waals surface area contributed by atoms with E-state index in [4.69, 9.17) is 19.9 Å². The van der Waals surface area contributed by atoms with Crippen molar-refractivity contribution < 1.29 is 0 Å². The highest BCUT2D eigenvalue weighted by molar-refractivity contribution is 5.80. The maximum absolute atomic E-state index is 9.49. The van der Waals surface area contributed by atoms with Gasteiger partial charge in [0.05, 0.1) is 22.9 Å². The summed E-state index contributed by atoms with van der Waals surface area (Å²) in [5.41, 5.74) is 11.4. The standard InChI is InChI=1S/C50H38N6/c51-29-32-9-12-37(13-10-32)40-7-4-8-41(22-40)48-54-47(39-5-2-1-3-6-39)55-49(56-48)44-24-42(23-43(25-44)46-18-11-33(30-52)31-53-46)38-14-16-45(17-15-38)50-26-34-19-35(27-50)21-36(20-34)28-50/h1-18,22-25,31,34-36H,19-21,26-28H2/t34-,35+,36-,50?. The van der Waals surface area contributed by atoms with E-state index in [0.717, 1.165) is 68.0 Å². The van der Waals surface area contributed by atoms with Crippen LogP contribution in [-0.4, -0.2) is 19.9 Å². The molecule has 4 aliphatic rings. The Balaban J connectivity index is 1.09. The molecule has 4 fully saturated rings. The van der Waals surface area contributed by atoms with E-state index in [1.807, 2.05) is 78.9 Å². The molecule has 4 bridgehead atoms. The molecule has 0 N–H and O–H groups in total. The third-order valence-electron chi connectivity index (χ3n) is 12.4. The molecule has 268 valence electrons. The number of rotatable bonds is 7. The summed E-state index contributed by atoms with van der Waals surface area (Å²) in [5.74, 6) is 4.38. The van der Waals surface area contributed by atoms with Gasteiger partial charge in [-0.25, -0.2) is 15.0 Å². The number of benzene rings is 5. The molecule has 5 aromatic carbocycles. The lowest BCUT2D eigenvalue weighted by Crippen LogP contribution is -2.48. The number of pyridine rings is 1. The van der Waals surface area contributed by atoms with Crippen LogP contribution in [0, 0.1) is 40.4 Å². The lowest BCUT2D eigenvalue weighted by atomic mass is 9.48. The van der Waals surface area contributed by atoms with Crippen molar-refractivity contribution in [3.63, 3.8) is 0 Å². The lowest BCUT2D eigenvalue weighted by molar-refractivity contribution is -0.00518. The molecule has 56 heavy (non-hydrogen) atoms. The van der Waals surface area contributed by atoms with Gasteiger partial charge in [0, 0.05) is 28.5 Å². The van der Waals surface area contributed by atoms with Gasteiger partial charge < -0.3 is 0 Å². The zero-order chi connectivity index (χ0) is 37.6. The van der Waals surface area contributed by atoms with Crippen LogP contribution in [0.4, 0.5) is 0 Å². The summed E-state index contributed by atoms with van der Waals surface area (Å²) in [6.45, 7) is 0. The van der Waals surface area contributed by atoms with Crippen molar-refractivity contribution in [1.82, 2.24) is 19.9 Å². The molecular weight excluding hydrogens is 685 g/mol. The fourth-order valence-corrected chi connectivity index (χ4v) is 10.1. The Bertz CT molecular complexity index is 2630. The summed E-state index contributed by atoms with van der Waals surface area (Å²) in [5, 5.41) is 18.8. The highest BCUT2D eigenvalue weighted by Crippen LogP contribution is 2.60. The molecule has 4 saturated carbocycles. The second-order valence-electron chi connectivity index (χ2n) is 16.1. The third-order valence-corrected chi connectivity index (χ3v) is 12.4. The molecule has 11 rings (SSSR count). The van der Waals surface area contributed by atoms with Gasteiger partial charge in [-0.1, -0.05) is 84.9 Å². The first-order valence-corrected chi connectivity index (χ1v) is 19.6. The molecule has 2 aromatic heterocycles. The van der Waals surface area contributed by atoms with E-state index in [0.29, 0.717) is 34.0 Å². The van der Waals surface area contributed by atoms with E-state index >= 15 is 0 Å². The van der Waals surface area contributed by atoms with Gasteiger partial charge in [-0.3, -0.25) is 4.98 Å². The monoisotopic (exact) mass is 722 g/mol. The van der Waals surface area contributed by atoms with Crippen molar-refractivity contribution in [2.75, 3.05) is 0 Å². The molecule has 0 amide bonds. The van der Waals surface area contributed by atoms with Crippen molar-refractivity contribution in [2.24, 2.45) is 17.8 Å². The predicted octanol–water partition coefficient (Wildman–Crippen LogP) is 11.5. The SMILES string of the molecule is N#Cc1ccc(-c2cccc(-c3nc(-c4ccccc4)nc(-c4cc(-c5ccc(C67C[C@H]8C[C@@H](C6)C[C@@H](C7)C8)cc5)cc(-c5ccc(C#N)cn5)c4)n3)c2)cc1. The van der Waals surface area contributed by atoms with Gasteiger partial charge in [0.15, 0.2) is 17.5 Å². The van der Waals surface area contributed by atoms with Crippen LogP contribution in [0.3, 0.4) is 0 Å². The number of aromatic nitrogens is 4. The molecule has 2 heterocycles. The zero-order valence-corrected chi connectivity index (χ0v) is 30.9. The second kappa shape index (κ2) is 13.8. The van der Waals surface area contributed by atoms with Crippen LogP contribution in [0.5, 0.6) is 0 Å². The summed E-state index contributed by atoms with van der Waals surface area (Å²) in [4.78, 5) is 20.0. The van der Waals surface area contributed by atoms with E-state index < -0.39 is 0 Å². The van der Waals surface area contributed by atoms with Gasteiger partial charge in [0.25, 0.3) is 0 Å². The fraction of sp³-hybridized carbons (Fsp3) is 0.200. The Morgan fingerprint density at radius 1 is 0.446 bits per heavy atom. The van der Waals surface area contributed by atoms with E-state index in [9.17, 15) is 10.5 Å². The van der Waals surface area contributed by atoms with Crippen molar-refractivity contribution in [3.8, 4) is 79.8 Å². The normalized spacial score (nSPS) is 20.6. The molecule has 0 aliphatic heterocycles. The predicted molar refractivity (Wildman–Crippen MR) is 220 cm³/mol. The van der Waals surface area contributed by atoms with E-state index in [1.165, 1.54) is 44.1 Å². The fourth-order valence-electron chi connectivity index (χ4n) is 10.1. The first kappa shape index (κ1) is 33.8. The van der Waals surface area contributed by atoms with Gasteiger partial charge >= 0.3 is 0 Å². The molecule has 7 aromatic rings. The Hall–Kier alpha value is -6.76. The van der Waals surface area contributed by atoms with Gasteiger partial charge in [-0.2, -0.15) is 10.5 Å². The maximum Gasteiger partial charge on any atom is 0.164 e. The van der Waals surface area contributed by atoms with Crippen molar-refractivity contribution in [3.05, 3.63) is 156 Å². The topological polar surface area (TPSA) is 99.1 Å². The van der Waals surface area contributed by atoms with E-state index in [-0.39, 0.29) is 0 Å². The largest absolute Gasteiger partial charge is 0.255 e. The lowest BCUT2D eigenvalue weighted by Gasteiger charge is -2.57. The quantitative estimate of drug-likeness (QED) is 0.162. The molecule has 6 nitrogen and oxygen atoms in total. The maximum atomic E-state index is 9.49. The minimum absolute atomic E-state index is 0.333. The van der Waals surface area contributed by atoms with Gasteiger partial charge in [0.1, 0.15) is 6.07 Å². The minimum atomic E-state index is 0.333. The van der Waals surface area contributed by atoms with Gasteiger partial charge in [0.2, 0.25) is 0 Å². The van der Waals surface area contributed by atoms with Crippen LogP contribution in [-0.2, 0) is 5.41 Å². The molecule has 4 aliphatic carbocycles. The van der Waals surface area contributed by atoms with E-state index in [2.05, 4.69) is 66.7 Å². The summed E-state index contributed by atoms with van der Waals surface area (Å²) in [6, 6.07) is 49.7. The van der Waals surface area contributed by atoms with Crippen LogP contribution < -0.4 is 0 Å². The Morgan fingerprint density at radius 3 is 1.61 bits per heavy atom. The van der Waals surface area contributed by atoms with Crippen LogP contribution >= 0.6 is 0 Å². The molecule has 0 radical (unpaired) electrons. The summed E-state index contributed by atoms with van der Waals surface area (Å²) in [6.07, 6.45) is 9.94. The first-order chi connectivity index (χ1) is 27.5. The molecule has 0 atom stereocenters. The highest BCUT2D eigenvalue weighted by atomic mass is 15.0. The summed E-state index contributed by atoms with van der Waals surface area (Å²) in [7, 11) is 0. The zero-order valence-electron chi connectivity index (χ0n) is 30.9. The number of nitrogens with zero attached hydrogens (tertiary/aromatic N) is 6. The molecule has 0 unspecified atom stereocenters. The van der Waals surface area contributed by atoms with Crippen LogP contribution in [0.2, 0.25) is 0 Å². The summed E-state index contributed by atoms with van der Waals surface area (Å²) >= 11 is 0. The van der Waals surface area contributed by atoms with Crippen LogP contribution in [0.15, 0.2) is 140 Å². The molecule has 0 spiro atoms. The first-order valence-electron chi connectivity index (χ1n) is 19.6. The highest BCUT2D eigenvalue weighted by Gasteiger charge is 2.51. The second-order valence-corrected chi connectivity index (χ2v) is 16.1. The molecule has 6 heteroatoms. The Morgan fingerprint density at radius 2 is 0.964 bits per heavy atom. The Kier molecular flexibility index (Phi) is 8.34. The number of hydrogen-bond acceptors (Lipinski definition) is 6. The molecule has 0 saturated heterocycles. The van der Waals surface area contributed by atoms with Gasteiger partial charge in [-0.05, 0) is 138 Å². The number of hydrogen-bond donors (Lipinski definition) is 0. The van der Waals surface area contributed by atoms with Crippen molar-refractivity contribution in [1.29, 1.82) is 10.5 Å².